The predicted molar refractivity (Wildman–Crippen MR) is 108 cm³/mol. The van der Waals surface area contributed by atoms with Gasteiger partial charge in [-0.2, -0.15) is 0 Å². The second kappa shape index (κ2) is 7.38. The highest BCUT2D eigenvalue weighted by atomic mass is 16.2. The first-order valence-electron chi connectivity index (χ1n) is 9.45. The summed E-state index contributed by atoms with van der Waals surface area (Å²) in [6, 6.07) is 14.4. The number of aldehydes is 1. The van der Waals surface area contributed by atoms with E-state index in [2.05, 4.69) is 0 Å². The Kier molecular flexibility index (Phi) is 4.77. The quantitative estimate of drug-likeness (QED) is 0.518. The molecule has 6 nitrogen and oxygen atoms in total. The molecule has 1 aliphatic rings. The Hall–Kier alpha value is -3.28. The van der Waals surface area contributed by atoms with Crippen molar-refractivity contribution in [2.45, 2.75) is 32.2 Å². The Balaban J connectivity index is 2.04. The van der Waals surface area contributed by atoms with E-state index in [1.807, 2.05) is 55.5 Å². The number of hydrogen-bond donors (Lipinski definition) is 0. The van der Waals surface area contributed by atoms with Gasteiger partial charge in [0.1, 0.15) is 6.04 Å². The summed E-state index contributed by atoms with van der Waals surface area (Å²) in [5.74, 6) is -0.0233. The molecule has 1 aromatic heterocycles. The monoisotopic (exact) mass is 375 g/mol. The molecule has 1 aliphatic heterocycles. The van der Waals surface area contributed by atoms with Gasteiger partial charge in [-0.1, -0.05) is 42.5 Å². The fourth-order valence-electron chi connectivity index (χ4n) is 3.92. The molecule has 2 aromatic carbocycles. The minimum atomic E-state index is -0.644. The molecule has 0 bridgehead atoms. The molecule has 0 radical (unpaired) electrons. The fourth-order valence-corrected chi connectivity index (χ4v) is 3.92. The van der Waals surface area contributed by atoms with Crippen molar-refractivity contribution in [2.24, 2.45) is 0 Å². The van der Waals surface area contributed by atoms with Gasteiger partial charge in [-0.25, -0.2) is 9.66 Å². The number of benzene rings is 2. The number of hydrogen-bond acceptors (Lipinski definition) is 5. The van der Waals surface area contributed by atoms with Crippen LogP contribution in [0.1, 0.15) is 24.8 Å². The average molecular weight is 375 g/mol. The second-order valence-electron chi connectivity index (χ2n) is 7.08. The molecule has 1 saturated heterocycles. The maximum atomic E-state index is 13.6. The number of Topliss-reactive ketones (excluding diaryl/α,β-unsaturated/α-hetero) is 1. The molecule has 1 fully saturated rings. The van der Waals surface area contributed by atoms with Crippen molar-refractivity contribution >= 4 is 23.0 Å². The Morgan fingerprint density at radius 2 is 1.89 bits per heavy atom. The topological polar surface area (TPSA) is 72.3 Å². The number of carbonyl (C=O) groups excluding carboxylic acids is 2. The molecular weight excluding hydrogens is 354 g/mol. The molecule has 6 heteroatoms. The van der Waals surface area contributed by atoms with E-state index in [0.717, 1.165) is 24.0 Å². The largest absolute Gasteiger partial charge is 0.297 e. The standard InChI is InChI=1S/C22H21N3O3/c1-15-8-7-11-17-20(15)22(28)25(21(23-17)16-9-3-2-4-10-16)24-13-6-5-12-18(24)19(27)14-26/h2-4,7-11,14,18H,5-6,12-13H2,1H3. The van der Waals surface area contributed by atoms with Crippen molar-refractivity contribution in [2.75, 3.05) is 11.6 Å². The van der Waals surface area contributed by atoms with Gasteiger partial charge in [-0.3, -0.25) is 19.4 Å². The van der Waals surface area contributed by atoms with Gasteiger partial charge in [-0.05, 0) is 37.8 Å². The van der Waals surface area contributed by atoms with Gasteiger partial charge in [-0.15, -0.1) is 0 Å². The smallest absolute Gasteiger partial charge is 0.280 e. The van der Waals surface area contributed by atoms with E-state index in [1.54, 1.807) is 5.01 Å². The summed E-state index contributed by atoms with van der Waals surface area (Å²) in [5, 5.41) is 2.26. The van der Waals surface area contributed by atoms with E-state index < -0.39 is 11.8 Å². The Morgan fingerprint density at radius 1 is 1.11 bits per heavy atom. The van der Waals surface area contributed by atoms with Crippen molar-refractivity contribution in [3.8, 4) is 11.4 Å². The van der Waals surface area contributed by atoms with E-state index in [9.17, 15) is 14.4 Å². The normalized spacial score (nSPS) is 16.9. The zero-order valence-corrected chi connectivity index (χ0v) is 15.7. The molecule has 0 aliphatic carbocycles. The van der Waals surface area contributed by atoms with Crippen LogP contribution < -0.4 is 10.6 Å². The fraction of sp³-hybridized carbons (Fsp3) is 0.273. The molecule has 0 N–H and O–H groups in total. The molecule has 4 rings (SSSR count). The van der Waals surface area contributed by atoms with Crippen LogP contribution in [-0.4, -0.2) is 34.3 Å². The van der Waals surface area contributed by atoms with Crippen molar-refractivity contribution in [3.05, 3.63) is 64.4 Å². The molecule has 142 valence electrons. The van der Waals surface area contributed by atoms with Crippen LogP contribution in [0.3, 0.4) is 0 Å². The van der Waals surface area contributed by atoms with E-state index >= 15 is 0 Å². The highest BCUT2D eigenvalue weighted by Crippen LogP contribution is 2.24. The average Bonchev–Trinajstić information content (AvgIpc) is 2.73. The van der Waals surface area contributed by atoms with Crippen LogP contribution in [-0.2, 0) is 9.59 Å². The summed E-state index contributed by atoms with van der Waals surface area (Å²) < 4.78 is 1.51. The van der Waals surface area contributed by atoms with E-state index in [4.69, 9.17) is 4.98 Å². The van der Waals surface area contributed by atoms with Crippen LogP contribution in [0, 0.1) is 6.92 Å². The molecule has 0 saturated carbocycles. The first-order valence-corrected chi connectivity index (χ1v) is 9.45. The van der Waals surface area contributed by atoms with Crippen LogP contribution >= 0.6 is 0 Å². The van der Waals surface area contributed by atoms with Gasteiger partial charge in [0, 0.05) is 12.1 Å². The number of aromatic nitrogens is 2. The SMILES string of the molecule is Cc1cccc2nc(-c3ccccc3)n(N3CCCCC3C(=O)C=O)c(=O)c12. The van der Waals surface area contributed by atoms with Crippen LogP contribution in [0.5, 0.6) is 0 Å². The summed E-state index contributed by atoms with van der Waals surface area (Å²) in [6.45, 7) is 2.39. The predicted octanol–water partition coefficient (Wildman–Crippen LogP) is 2.63. The maximum Gasteiger partial charge on any atom is 0.280 e. The summed E-state index contributed by atoms with van der Waals surface area (Å²) >= 11 is 0. The minimum Gasteiger partial charge on any atom is -0.297 e. The number of carbonyl (C=O) groups is 2. The zero-order valence-electron chi connectivity index (χ0n) is 15.7. The van der Waals surface area contributed by atoms with E-state index in [-0.39, 0.29) is 5.56 Å². The third-order valence-electron chi connectivity index (χ3n) is 5.29. The third kappa shape index (κ3) is 3.01. The second-order valence-corrected chi connectivity index (χ2v) is 7.08. The lowest BCUT2D eigenvalue weighted by Crippen LogP contribution is -2.55. The Labute approximate surface area is 162 Å². The van der Waals surface area contributed by atoms with Crippen molar-refractivity contribution < 1.29 is 9.59 Å². The summed E-state index contributed by atoms with van der Waals surface area (Å²) in [4.78, 5) is 41.9. The number of piperidine rings is 1. The van der Waals surface area contributed by atoms with Crippen LogP contribution in [0.2, 0.25) is 0 Å². The first-order chi connectivity index (χ1) is 13.6. The van der Waals surface area contributed by atoms with Crippen LogP contribution in [0.4, 0.5) is 0 Å². The zero-order chi connectivity index (χ0) is 19.7. The molecular formula is C22H21N3O3. The summed E-state index contributed by atoms with van der Waals surface area (Å²) in [6.07, 6.45) is 2.59. The molecule has 1 atom stereocenters. The Morgan fingerprint density at radius 3 is 2.64 bits per heavy atom. The number of nitrogens with zero attached hydrogens (tertiary/aromatic N) is 3. The molecule has 3 aromatic rings. The van der Waals surface area contributed by atoms with Crippen molar-refractivity contribution in [1.29, 1.82) is 0 Å². The number of aryl methyl sites for hydroxylation is 1. The highest BCUT2D eigenvalue weighted by Gasteiger charge is 2.31. The highest BCUT2D eigenvalue weighted by molar-refractivity contribution is 6.28. The van der Waals surface area contributed by atoms with Gasteiger partial charge < -0.3 is 0 Å². The summed E-state index contributed by atoms with van der Waals surface area (Å²) in [7, 11) is 0. The van der Waals surface area contributed by atoms with E-state index in [0.29, 0.717) is 36.0 Å². The van der Waals surface area contributed by atoms with Gasteiger partial charge >= 0.3 is 0 Å². The van der Waals surface area contributed by atoms with Crippen molar-refractivity contribution in [1.82, 2.24) is 9.66 Å². The lowest BCUT2D eigenvalue weighted by Gasteiger charge is -2.37. The molecule has 28 heavy (non-hydrogen) atoms. The van der Waals surface area contributed by atoms with Gasteiger partial charge in [0.05, 0.1) is 10.9 Å². The molecule has 2 heterocycles. The van der Waals surface area contributed by atoms with E-state index in [1.165, 1.54) is 4.68 Å². The first kappa shape index (κ1) is 18.1. The third-order valence-corrected chi connectivity index (χ3v) is 5.29. The molecule has 0 amide bonds. The lowest BCUT2D eigenvalue weighted by molar-refractivity contribution is -0.131. The van der Waals surface area contributed by atoms with Gasteiger partial charge in [0.25, 0.3) is 5.56 Å². The van der Waals surface area contributed by atoms with Crippen molar-refractivity contribution in [3.63, 3.8) is 0 Å². The van der Waals surface area contributed by atoms with Crippen LogP contribution in [0.15, 0.2) is 53.3 Å². The molecule has 0 spiro atoms. The molecule has 1 unspecified atom stereocenters. The van der Waals surface area contributed by atoms with Gasteiger partial charge in [0.2, 0.25) is 5.78 Å². The maximum absolute atomic E-state index is 13.6. The number of rotatable bonds is 4. The lowest BCUT2D eigenvalue weighted by atomic mass is 10.0. The van der Waals surface area contributed by atoms with Crippen LogP contribution in [0.25, 0.3) is 22.3 Å². The van der Waals surface area contributed by atoms with Gasteiger partial charge in [0.15, 0.2) is 12.1 Å². The number of ketones is 1. The Bertz CT molecular complexity index is 1110. The summed E-state index contributed by atoms with van der Waals surface area (Å²) in [5.41, 5.74) is 2.02. The minimum absolute atomic E-state index is 0.215. The number of fused-ring (bicyclic) bond motifs is 1.